The predicted octanol–water partition coefficient (Wildman–Crippen LogP) is 4.40. The number of fused-ring (bicyclic) bond motifs is 1. The van der Waals surface area contributed by atoms with Gasteiger partial charge < -0.3 is 10.2 Å². The van der Waals surface area contributed by atoms with Crippen molar-refractivity contribution in [2.75, 3.05) is 31.5 Å². The molecule has 0 aliphatic carbocycles. The second-order valence-corrected chi connectivity index (χ2v) is 10.8. The van der Waals surface area contributed by atoms with Crippen LogP contribution >= 0.6 is 0 Å². The highest BCUT2D eigenvalue weighted by molar-refractivity contribution is 7.92. The van der Waals surface area contributed by atoms with Crippen molar-refractivity contribution in [1.82, 2.24) is 10.2 Å². The highest BCUT2D eigenvalue weighted by Gasteiger charge is 2.25. The molecular weight excluding hydrogens is 484 g/mol. The summed E-state index contributed by atoms with van der Waals surface area (Å²) in [6.07, 6.45) is 0. The summed E-state index contributed by atoms with van der Waals surface area (Å²) < 4.78 is 28.5. The van der Waals surface area contributed by atoms with E-state index < -0.39 is 10.0 Å². The van der Waals surface area contributed by atoms with Gasteiger partial charge in [0.2, 0.25) is 0 Å². The first-order valence-electron chi connectivity index (χ1n) is 11.8. The number of nitrogens with one attached hydrogen (secondary N) is 1. The molecule has 7 nitrogen and oxygen atoms in total. The molecule has 0 saturated heterocycles. The first-order chi connectivity index (χ1) is 17.8. The fourth-order valence-electron chi connectivity index (χ4n) is 4.00. The molecule has 188 valence electrons. The Morgan fingerprint density at radius 2 is 1.62 bits per heavy atom. The first-order valence-corrected chi connectivity index (χ1v) is 13.3. The van der Waals surface area contributed by atoms with E-state index >= 15 is 0 Å². The molecular formula is C29H28N4O3S. The molecule has 0 aliphatic rings. The largest absolute Gasteiger partial charge is 0.348 e. The van der Waals surface area contributed by atoms with Crippen molar-refractivity contribution < 1.29 is 13.2 Å². The van der Waals surface area contributed by atoms with Crippen LogP contribution in [0.25, 0.3) is 10.8 Å². The van der Waals surface area contributed by atoms with Gasteiger partial charge >= 0.3 is 0 Å². The molecule has 1 N–H and O–H groups in total. The smallest absolute Gasteiger partial charge is 0.264 e. The lowest BCUT2D eigenvalue weighted by Crippen LogP contribution is -2.36. The second kappa shape index (κ2) is 11.2. The molecule has 0 fully saturated rings. The van der Waals surface area contributed by atoms with Crippen LogP contribution in [0.2, 0.25) is 0 Å². The highest BCUT2D eigenvalue weighted by atomic mass is 32.2. The van der Waals surface area contributed by atoms with Gasteiger partial charge in [0.15, 0.2) is 0 Å². The first kappa shape index (κ1) is 25.9. The molecule has 0 unspecified atom stereocenters. The molecule has 0 heterocycles. The Morgan fingerprint density at radius 3 is 2.30 bits per heavy atom. The Hall–Kier alpha value is -4.19. The zero-order valence-corrected chi connectivity index (χ0v) is 21.6. The minimum atomic E-state index is -3.78. The quantitative estimate of drug-likeness (QED) is 0.359. The minimum Gasteiger partial charge on any atom is -0.348 e. The third-order valence-electron chi connectivity index (χ3n) is 6.01. The van der Waals surface area contributed by atoms with Crippen molar-refractivity contribution in [3.05, 3.63) is 108 Å². The number of nitrogens with zero attached hydrogens (tertiary/aromatic N) is 3. The third kappa shape index (κ3) is 5.97. The zero-order valence-electron chi connectivity index (χ0n) is 20.8. The van der Waals surface area contributed by atoms with E-state index in [0.717, 1.165) is 16.3 Å². The second-order valence-electron chi connectivity index (χ2n) is 8.90. The average Bonchev–Trinajstić information content (AvgIpc) is 2.91. The summed E-state index contributed by atoms with van der Waals surface area (Å²) in [5, 5.41) is 13.4. The highest BCUT2D eigenvalue weighted by Crippen LogP contribution is 2.29. The summed E-state index contributed by atoms with van der Waals surface area (Å²) in [5.74, 6) is -0.232. The van der Waals surface area contributed by atoms with Crippen LogP contribution in [0.3, 0.4) is 0 Å². The van der Waals surface area contributed by atoms with E-state index in [1.807, 2.05) is 43.3 Å². The molecule has 4 rings (SSSR count). The summed E-state index contributed by atoms with van der Waals surface area (Å²) in [6, 6.07) is 28.3. The van der Waals surface area contributed by atoms with Crippen LogP contribution < -0.4 is 9.62 Å². The normalized spacial score (nSPS) is 11.3. The predicted molar refractivity (Wildman–Crippen MR) is 146 cm³/mol. The number of hydrogen-bond acceptors (Lipinski definition) is 5. The summed E-state index contributed by atoms with van der Waals surface area (Å²) in [5.41, 5.74) is 2.49. The number of carbonyl (C=O) groups excluding carboxylic acids is 1. The van der Waals surface area contributed by atoms with E-state index in [1.54, 1.807) is 66.7 Å². The van der Waals surface area contributed by atoms with E-state index in [0.29, 0.717) is 29.9 Å². The van der Waals surface area contributed by atoms with Crippen molar-refractivity contribution in [2.45, 2.75) is 11.4 Å². The summed E-state index contributed by atoms with van der Waals surface area (Å²) >= 11 is 0. The van der Waals surface area contributed by atoms with Gasteiger partial charge in [0, 0.05) is 25.2 Å². The van der Waals surface area contributed by atoms with Crippen LogP contribution in [0.5, 0.6) is 0 Å². The van der Waals surface area contributed by atoms with Gasteiger partial charge in [0.25, 0.3) is 15.9 Å². The maximum Gasteiger partial charge on any atom is 0.264 e. The van der Waals surface area contributed by atoms with Crippen LogP contribution in [0.4, 0.5) is 5.69 Å². The summed E-state index contributed by atoms with van der Waals surface area (Å²) in [6.45, 7) is 1.15. The Labute approximate surface area is 217 Å². The van der Waals surface area contributed by atoms with Gasteiger partial charge in [-0.05, 0) is 72.9 Å². The van der Waals surface area contributed by atoms with Gasteiger partial charge in [-0.2, -0.15) is 5.26 Å². The molecule has 0 atom stereocenters. The Bertz CT molecular complexity index is 1540. The van der Waals surface area contributed by atoms with E-state index in [1.165, 1.54) is 4.31 Å². The van der Waals surface area contributed by atoms with Crippen LogP contribution in [-0.4, -0.2) is 46.4 Å². The van der Waals surface area contributed by atoms with Gasteiger partial charge in [-0.15, -0.1) is 0 Å². The SMILES string of the molecule is CN(C)CCN(c1ccc2c(C(=O)NCc3ccc(C#N)cc3)cccc2c1)S(=O)(=O)c1ccccc1. The molecule has 0 spiro atoms. The van der Waals surface area contributed by atoms with Gasteiger partial charge in [0.1, 0.15) is 0 Å². The molecule has 8 heteroatoms. The van der Waals surface area contributed by atoms with Crippen LogP contribution in [0.1, 0.15) is 21.5 Å². The molecule has 37 heavy (non-hydrogen) atoms. The number of hydrogen-bond donors (Lipinski definition) is 1. The molecule has 4 aromatic carbocycles. The van der Waals surface area contributed by atoms with E-state index in [4.69, 9.17) is 5.26 Å². The topological polar surface area (TPSA) is 93.5 Å². The average molecular weight is 513 g/mol. The van der Waals surface area contributed by atoms with Crippen molar-refractivity contribution in [1.29, 1.82) is 5.26 Å². The lowest BCUT2D eigenvalue weighted by atomic mass is 10.0. The van der Waals surface area contributed by atoms with Gasteiger partial charge in [-0.3, -0.25) is 9.10 Å². The Kier molecular flexibility index (Phi) is 7.87. The van der Waals surface area contributed by atoms with Crippen molar-refractivity contribution in [2.24, 2.45) is 0 Å². The number of amides is 1. The maximum absolute atomic E-state index is 13.5. The third-order valence-corrected chi connectivity index (χ3v) is 7.86. The number of nitriles is 1. The molecule has 4 aromatic rings. The number of likely N-dealkylation sites (N-methyl/N-ethyl adjacent to an activating group) is 1. The summed E-state index contributed by atoms with van der Waals surface area (Å²) in [7, 11) is 0.0166. The van der Waals surface area contributed by atoms with Gasteiger partial charge in [-0.25, -0.2) is 8.42 Å². The lowest BCUT2D eigenvalue weighted by molar-refractivity contribution is 0.0952. The number of benzene rings is 4. The molecule has 0 aliphatic heterocycles. The van der Waals surface area contributed by atoms with E-state index in [2.05, 4.69) is 11.4 Å². The molecule has 1 amide bonds. The summed E-state index contributed by atoms with van der Waals surface area (Å²) in [4.78, 5) is 15.2. The molecule has 0 saturated carbocycles. The number of carbonyl (C=O) groups is 1. The lowest BCUT2D eigenvalue weighted by Gasteiger charge is -2.26. The zero-order chi connectivity index (χ0) is 26.4. The van der Waals surface area contributed by atoms with E-state index in [9.17, 15) is 13.2 Å². The van der Waals surface area contributed by atoms with Crippen molar-refractivity contribution in [3.63, 3.8) is 0 Å². The van der Waals surface area contributed by atoms with Crippen LogP contribution in [0.15, 0.2) is 95.9 Å². The van der Waals surface area contributed by atoms with Gasteiger partial charge in [-0.1, -0.05) is 48.5 Å². The standard InChI is InChI=1S/C29H28N4O3S/c1-32(2)17-18-33(37(35,36)26-8-4-3-5-9-26)25-15-16-27-24(19-25)7-6-10-28(27)29(34)31-21-23-13-11-22(20-30)12-14-23/h3-16,19H,17-18,21H2,1-2H3,(H,31,34). The van der Waals surface area contributed by atoms with Crippen molar-refractivity contribution >= 4 is 32.4 Å². The molecule has 0 aromatic heterocycles. The van der Waals surface area contributed by atoms with Crippen LogP contribution in [0, 0.1) is 11.3 Å². The minimum absolute atomic E-state index is 0.227. The Balaban J connectivity index is 1.63. The maximum atomic E-state index is 13.5. The fraction of sp³-hybridized carbons (Fsp3) is 0.172. The monoisotopic (exact) mass is 512 g/mol. The molecule has 0 bridgehead atoms. The molecule has 0 radical (unpaired) electrons. The number of rotatable bonds is 9. The fourth-order valence-corrected chi connectivity index (χ4v) is 5.47. The Morgan fingerprint density at radius 1 is 0.892 bits per heavy atom. The van der Waals surface area contributed by atoms with Gasteiger partial charge in [0.05, 0.1) is 22.2 Å². The number of sulfonamides is 1. The van der Waals surface area contributed by atoms with E-state index in [-0.39, 0.29) is 17.3 Å². The van der Waals surface area contributed by atoms with Crippen LogP contribution in [-0.2, 0) is 16.6 Å². The van der Waals surface area contributed by atoms with Crippen molar-refractivity contribution in [3.8, 4) is 6.07 Å². The number of anilines is 1.